The van der Waals surface area contributed by atoms with Crippen LogP contribution in [0.4, 0.5) is 5.69 Å². The number of ether oxygens (including phenoxy) is 1. The Labute approximate surface area is 165 Å². The first kappa shape index (κ1) is 18.2. The average molecular weight is 372 g/mol. The number of fused-ring (bicyclic) bond motifs is 1. The number of hydrogen-bond donors (Lipinski definition) is 0. The third-order valence-corrected chi connectivity index (χ3v) is 5.88. The van der Waals surface area contributed by atoms with E-state index in [2.05, 4.69) is 60.1 Å². The lowest BCUT2D eigenvalue weighted by molar-refractivity contribution is -0.148. The highest BCUT2D eigenvalue weighted by molar-refractivity contribution is 5.96. The van der Waals surface area contributed by atoms with Crippen molar-refractivity contribution in [3.8, 4) is 0 Å². The second-order valence-electron chi connectivity index (χ2n) is 7.38. The molecule has 0 spiro atoms. The van der Waals surface area contributed by atoms with Crippen molar-refractivity contribution in [1.82, 2.24) is 4.98 Å². The maximum Gasteiger partial charge on any atom is 0.311 e. The van der Waals surface area contributed by atoms with Gasteiger partial charge in [0.1, 0.15) is 0 Å². The number of carbonyl (C=O) groups is 1. The fourth-order valence-electron chi connectivity index (χ4n) is 4.44. The zero-order valence-electron chi connectivity index (χ0n) is 16.4. The minimum atomic E-state index is -0.621. The maximum absolute atomic E-state index is 12.8. The van der Waals surface area contributed by atoms with Crippen molar-refractivity contribution < 1.29 is 9.53 Å². The fourth-order valence-corrected chi connectivity index (χ4v) is 4.44. The standard InChI is InChI=1S/C24H24N2O2/c1-17-13-14-21(23(27)28-3)24(2,19-10-7-15-25-16-19)26(17)22-12-6-9-18-8-4-5-11-20(18)22/h4-13,15-16,21H,14H2,1-3H3. The number of esters is 1. The number of nitrogens with zero attached hydrogens (tertiary/aromatic N) is 2. The average Bonchev–Trinajstić information content (AvgIpc) is 2.74. The smallest absolute Gasteiger partial charge is 0.311 e. The number of methoxy groups -OCH3 is 1. The molecule has 4 nitrogen and oxygen atoms in total. The number of aromatic nitrogens is 1. The fraction of sp³-hybridized carbons (Fsp3) is 0.250. The molecule has 0 amide bonds. The van der Waals surface area contributed by atoms with Gasteiger partial charge in [0.05, 0.1) is 18.6 Å². The summed E-state index contributed by atoms with van der Waals surface area (Å²) >= 11 is 0. The van der Waals surface area contributed by atoms with Gasteiger partial charge in [-0.2, -0.15) is 0 Å². The van der Waals surface area contributed by atoms with E-state index in [1.54, 1.807) is 6.20 Å². The Hall–Kier alpha value is -3.14. The van der Waals surface area contributed by atoms with Crippen molar-refractivity contribution in [1.29, 1.82) is 0 Å². The van der Waals surface area contributed by atoms with Gasteiger partial charge in [-0.3, -0.25) is 9.78 Å². The number of pyridine rings is 1. The summed E-state index contributed by atoms with van der Waals surface area (Å²) in [5, 5.41) is 2.32. The van der Waals surface area contributed by atoms with Crippen LogP contribution in [0.1, 0.15) is 25.8 Å². The molecule has 0 saturated heterocycles. The zero-order valence-corrected chi connectivity index (χ0v) is 16.4. The SMILES string of the molecule is COC(=O)C1CC=C(C)N(c2cccc3ccccc23)C1(C)c1cccnc1. The Bertz CT molecular complexity index is 1040. The Morgan fingerprint density at radius 2 is 1.93 bits per heavy atom. The molecular weight excluding hydrogens is 348 g/mol. The van der Waals surface area contributed by atoms with E-state index in [0.717, 1.165) is 22.3 Å². The highest BCUT2D eigenvalue weighted by Crippen LogP contribution is 2.48. The van der Waals surface area contributed by atoms with Crippen molar-refractivity contribution in [3.63, 3.8) is 0 Å². The van der Waals surface area contributed by atoms with E-state index in [1.807, 2.05) is 30.5 Å². The normalized spacial score (nSPS) is 22.0. The molecule has 28 heavy (non-hydrogen) atoms. The first-order valence-corrected chi connectivity index (χ1v) is 9.50. The van der Waals surface area contributed by atoms with E-state index >= 15 is 0 Å². The van der Waals surface area contributed by atoms with Crippen LogP contribution in [-0.4, -0.2) is 18.1 Å². The second kappa shape index (κ2) is 7.12. The molecule has 0 saturated carbocycles. The summed E-state index contributed by atoms with van der Waals surface area (Å²) < 4.78 is 5.20. The summed E-state index contributed by atoms with van der Waals surface area (Å²) in [5.74, 6) is -0.551. The molecule has 0 N–H and O–H groups in total. The summed E-state index contributed by atoms with van der Waals surface area (Å²) in [6.07, 6.45) is 6.37. The van der Waals surface area contributed by atoms with Gasteiger partial charge in [-0.1, -0.05) is 48.5 Å². The van der Waals surface area contributed by atoms with E-state index in [1.165, 1.54) is 12.5 Å². The predicted molar refractivity (Wildman–Crippen MR) is 112 cm³/mol. The van der Waals surface area contributed by atoms with Crippen molar-refractivity contribution in [3.05, 3.63) is 84.3 Å². The minimum Gasteiger partial charge on any atom is -0.469 e. The monoisotopic (exact) mass is 372 g/mol. The van der Waals surface area contributed by atoms with E-state index < -0.39 is 5.54 Å². The first-order chi connectivity index (χ1) is 13.6. The number of anilines is 1. The van der Waals surface area contributed by atoms with Gasteiger partial charge in [-0.15, -0.1) is 0 Å². The van der Waals surface area contributed by atoms with Gasteiger partial charge in [0.15, 0.2) is 0 Å². The molecule has 0 fully saturated rings. The summed E-state index contributed by atoms with van der Waals surface area (Å²) in [7, 11) is 1.46. The van der Waals surface area contributed by atoms with Crippen LogP contribution >= 0.6 is 0 Å². The van der Waals surface area contributed by atoms with Gasteiger partial charge in [0.2, 0.25) is 0 Å². The van der Waals surface area contributed by atoms with Crippen LogP contribution in [0, 0.1) is 5.92 Å². The topological polar surface area (TPSA) is 42.4 Å². The Kier molecular flexibility index (Phi) is 4.63. The molecule has 1 aromatic heterocycles. The van der Waals surface area contributed by atoms with Crippen LogP contribution in [-0.2, 0) is 15.1 Å². The van der Waals surface area contributed by atoms with Crippen LogP contribution < -0.4 is 4.90 Å². The van der Waals surface area contributed by atoms with Crippen molar-refractivity contribution in [2.75, 3.05) is 12.0 Å². The number of hydrogen-bond acceptors (Lipinski definition) is 4. The molecule has 2 unspecified atom stereocenters. The van der Waals surface area contributed by atoms with Gasteiger partial charge >= 0.3 is 5.97 Å². The van der Waals surface area contributed by atoms with Crippen LogP contribution in [0.2, 0.25) is 0 Å². The Morgan fingerprint density at radius 1 is 1.14 bits per heavy atom. The molecule has 4 rings (SSSR count). The summed E-state index contributed by atoms with van der Waals surface area (Å²) in [4.78, 5) is 19.4. The van der Waals surface area contributed by atoms with Gasteiger partial charge in [0, 0.05) is 29.2 Å². The van der Waals surface area contributed by atoms with Crippen LogP contribution in [0.5, 0.6) is 0 Å². The minimum absolute atomic E-state index is 0.208. The molecule has 1 aliphatic rings. The van der Waals surface area contributed by atoms with E-state index in [-0.39, 0.29) is 11.9 Å². The lowest BCUT2D eigenvalue weighted by Crippen LogP contribution is -2.53. The lowest BCUT2D eigenvalue weighted by atomic mass is 9.73. The highest BCUT2D eigenvalue weighted by atomic mass is 16.5. The largest absolute Gasteiger partial charge is 0.469 e. The maximum atomic E-state index is 12.8. The van der Waals surface area contributed by atoms with Gasteiger partial charge in [-0.25, -0.2) is 0 Å². The third-order valence-electron chi connectivity index (χ3n) is 5.88. The number of benzene rings is 2. The first-order valence-electron chi connectivity index (χ1n) is 9.50. The van der Waals surface area contributed by atoms with Crippen LogP contribution in [0.15, 0.2) is 78.8 Å². The van der Waals surface area contributed by atoms with Gasteiger partial charge in [0.25, 0.3) is 0 Å². The van der Waals surface area contributed by atoms with Crippen molar-refractivity contribution in [2.45, 2.75) is 25.8 Å². The molecule has 1 aliphatic heterocycles. The molecule has 4 heteroatoms. The van der Waals surface area contributed by atoms with E-state index in [0.29, 0.717) is 6.42 Å². The molecule has 0 aliphatic carbocycles. The quantitative estimate of drug-likeness (QED) is 0.603. The zero-order chi connectivity index (χ0) is 19.7. The second-order valence-corrected chi connectivity index (χ2v) is 7.38. The number of rotatable bonds is 3. The molecule has 0 bridgehead atoms. The van der Waals surface area contributed by atoms with Gasteiger partial charge in [-0.05, 0) is 43.4 Å². The molecular formula is C24H24N2O2. The molecule has 142 valence electrons. The summed E-state index contributed by atoms with van der Waals surface area (Å²) in [6.45, 7) is 4.22. The lowest BCUT2D eigenvalue weighted by Gasteiger charge is -2.50. The number of allylic oxidation sites excluding steroid dienone is 2. The molecule has 2 atom stereocenters. The highest BCUT2D eigenvalue weighted by Gasteiger charge is 2.48. The van der Waals surface area contributed by atoms with Crippen LogP contribution in [0.25, 0.3) is 10.8 Å². The van der Waals surface area contributed by atoms with Gasteiger partial charge < -0.3 is 9.64 Å². The molecule has 2 heterocycles. The molecule has 2 aromatic carbocycles. The Morgan fingerprint density at radius 3 is 2.68 bits per heavy atom. The summed E-state index contributed by atoms with van der Waals surface area (Å²) in [6, 6.07) is 18.6. The molecule has 3 aromatic rings. The van der Waals surface area contributed by atoms with Crippen molar-refractivity contribution >= 4 is 22.4 Å². The van der Waals surface area contributed by atoms with E-state index in [4.69, 9.17) is 4.74 Å². The molecule has 0 radical (unpaired) electrons. The van der Waals surface area contributed by atoms with Crippen LogP contribution in [0.3, 0.4) is 0 Å². The predicted octanol–water partition coefficient (Wildman–Crippen LogP) is 5.05. The van der Waals surface area contributed by atoms with Crippen molar-refractivity contribution in [2.24, 2.45) is 5.92 Å². The Balaban J connectivity index is 2.00. The van der Waals surface area contributed by atoms with E-state index in [9.17, 15) is 4.79 Å². The summed E-state index contributed by atoms with van der Waals surface area (Å²) in [5.41, 5.74) is 2.56. The number of carbonyl (C=O) groups excluding carboxylic acids is 1. The third kappa shape index (κ3) is 2.76.